The van der Waals surface area contributed by atoms with Crippen LogP contribution in [0.5, 0.6) is 0 Å². The molecule has 0 saturated carbocycles. The van der Waals surface area contributed by atoms with Gasteiger partial charge in [-0.25, -0.2) is 4.68 Å². The van der Waals surface area contributed by atoms with Crippen LogP contribution < -0.4 is 5.56 Å². The fourth-order valence-corrected chi connectivity index (χ4v) is 4.37. The number of aryl methyl sites for hydroxylation is 2. The smallest absolute Gasteiger partial charge is 0.277 e. The van der Waals surface area contributed by atoms with Gasteiger partial charge in [0.15, 0.2) is 0 Å². The Morgan fingerprint density at radius 3 is 2.73 bits per heavy atom. The van der Waals surface area contributed by atoms with E-state index in [9.17, 15) is 9.90 Å². The Hall–Kier alpha value is -3.43. The van der Waals surface area contributed by atoms with Gasteiger partial charge in [-0.1, -0.05) is 11.3 Å². The van der Waals surface area contributed by atoms with Crippen LogP contribution in [0.4, 0.5) is 0 Å². The number of aliphatic hydroxyl groups is 1. The van der Waals surface area contributed by atoms with Gasteiger partial charge in [-0.15, -0.1) is 5.10 Å². The lowest BCUT2D eigenvalue weighted by Gasteiger charge is -2.28. The molecule has 1 aliphatic rings. The predicted molar refractivity (Wildman–Crippen MR) is 123 cm³/mol. The second-order valence-electron chi connectivity index (χ2n) is 8.62. The fourth-order valence-electron chi connectivity index (χ4n) is 4.37. The molecule has 0 aliphatic carbocycles. The number of nitrogens with zero attached hydrogens (tertiary/aromatic N) is 6. The summed E-state index contributed by atoms with van der Waals surface area (Å²) in [6, 6.07) is 7.41. The van der Waals surface area contributed by atoms with E-state index in [0.717, 1.165) is 33.6 Å². The number of hydrogen-bond acceptors (Lipinski definition) is 7. The van der Waals surface area contributed by atoms with Gasteiger partial charge in [0.1, 0.15) is 11.2 Å². The fraction of sp³-hybridized carbons (Fsp3) is 0.375. The predicted octanol–water partition coefficient (Wildman–Crippen LogP) is 2.12. The van der Waals surface area contributed by atoms with Crippen LogP contribution in [0.15, 0.2) is 41.5 Å². The number of hydrogen-bond donors (Lipinski definition) is 1. The van der Waals surface area contributed by atoms with E-state index in [2.05, 4.69) is 20.4 Å². The van der Waals surface area contributed by atoms with Gasteiger partial charge in [0.25, 0.3) is 5.56 Å². The lowest BCUT2D eigenvalue weighted by Crippen LogP contribution is -2.40. The van der Waals surface area contributed by atoms with Crippen LogP contribution in [0.1, 0.15) is 34.7 Å². The highest BCUT2D eigenvalue weighted by Gasteiger charge is 2.28. The molecule has 9 nitrogen and oxygen atoms in total. The summed E-state index contributed by atoms with van der Waals surface area (Å²) in [5.74, 6) is 0. The van der Waals surface area contributed by atoms with E-state index in [1.54, 1.807) is 4.68 Å². The minimum Gasteiger partial charge on any atom is -0.388 e. The zero-order valence-corrected chi connectivity index (χ0v) is 18.9. The summed E-state index contributed by atoms with van der Waals surface area (Å²) in [6.45, 7) is 4.67. The van der Waals surface area contributed by atoms with Crippen molar-refractivity contribution in [1.29, 1.82) is 0 Å². The van der Waals surface area contributed by atoms with Crippen molar-refractivity contribution in [1.82, 2.24) is 29.8 Å². The zero-order chi connectivity index (χ0) is 23.1. The second-order valence-corrected chi connectivity index (χ2v) is 8.62. The van der Waals surface area contributed by atoms with E-state index >= 15 is 0 Å². The number of aromatic nitrogens is 6. The van der Waals surface area contributed by atoms with Crippen molar-refractivity contribution in [3.63, 3.8) is 0 Å². The van der Waals surface area contributed by atoms with Gasteiger partial charge in [0, 0.05) is 26.0 Å². The Morgan fingerprint density at radius 1 is 1.18 bits per heavy atom. The van der Waals surface area contributed by atoms with Crippen LogP contribution in [-0.4, -0.2) is 54.2 Å². The molecule has 1 aliphatic heterocycles. The maximum atomic E-state index is 13.3. The highest BCUT2D eigenvalue weighted by molar-refractivity contribution is 5.82. The molecule has 3 aromatic heterocycles. The number of aliphatic hydroxyl groups excluding tert-OH is 1. The summed E-state index contributed by atoms with van der Waals surface area (Å²) in [4.78, 5) is 17.9. The standard InChI is InChI=1S/C24H26N6O3/c1-14-15(2)23-18(24(32)30(28-26-23)21-7-9-33-13-22(21)31)11-17(14)10-16-4-5-19(25-12-16)20-6-8-29(3)27-20/h4-6,8,11-12,21-22,31H,7,9-10,13H2,1-3H3/t21-,22-/m0/s1. The summed E-state index contributed by atoms with van der Waals surface area (Å²) in [5, 5.41) is 23.7. The van der Waals surface area contributed by atoms with Gasteiger partial charge in [-0.2, -0.15) is 5.10 Å². The largest absolute Gasteiger partial charge is 0.388 e. The topological polar surface area (TPSA) is 108 Å². The van der Waals surface area contributed by atoms with Crippen LogP contribution in [0.3, 0.4) is 0 Å². The first kappa shape index (κ1) is 21.4. The summed E-state index contributed by atoms with van der Waals surface area (Å²) >= 11 is 0. The van der Waals surface area contributed by atoms with E-state index in [4.69, 9.17) is 4.74 Å². The molecule has 0 bridgehead atoms. The highest BCUT2D eigenvalue weighted by Crippen LogP contribution is 2.25. The lowest BCUT2D eigenvalue weighted by atomic mass is 9.95. The summed E-state index contributed by atoms with van der Waals surface area (Å²) < 4.78 is 8.36. The Morgan fingerprint density at radius 2 is 2.03 bits per heavy atom. The van der Waals surface area contributed by atoms with E-state index < -0.39 is 12.1 Å². The molecule has 1 aromatic carbocycles. The van der Waals surface area contributed by atoms with Crippen LogP contribution >= 0.6 is 0 Å². The van der Waals surface area contributed by atoms with Gasteiger partial charge >= 0.3 is 0 Å². The summed E-state index contributed by atoms with van der Waals surface area (Å²) in [6.07, 6.45) is 4.12. The maximum Gasteiger partial charge on any atom is 0.277 e. The van der Waals surface area contributed by atoms with Crippen molar-refractivity contribution in [2.75, 3.05) is 13.2 Å². The average molecular weight is 447 g/mol. The third kappa shape index (κ3) is 3.94. The Balaban J connectivity index is 1.51. The first-order valence-electron chi connectivity index (χ1n) is 11.0. The minimum absolute atomic E-state index is 0.191. The van der Waals surface area contributed by atoms with E-state index in [1.165, 1.54) is 4.68 Å². The van der Waals surface area contributed by atoms with Gasteiger partial charge in [0.05, 0.1) is 29.8 Å². The first-order valence-corrected chi connectivity index (χ1v) is 11.0. The normalized spacial score (nSPS) is 18.7. The molecule has 4 aromatic rings. The molecule has 1 N–H and O–H groups in total. The molecule has 1 saturated heterocycles. The number of rotatable bonds is 4. The summed E-state index contributed by atoms with van der Waals surface area (Å²) in [5.41, 5.74) is 6.10. The molecule has 0 spiro atoms. The third-order valence-corrected chi connectivity index (χ3v) is 6.45. The van der Waals surface area contributed by atoms with Crippen molar-refractivity contribution in [3.05, 3.63) is 69.3 Å². The lowest BCUT2D eigenvalue weighted by molar-refractivity contribution is -0.0434. The van der Waals surface area contributed by atoms with Gasteiger partial charge < -0.3 is 9.84 Å². The molecular formula is C24H26N6O3. The monoisotopic (exact) mass is 446 g/mol. The quantitative estimate of drug-likeness (QED) is 0.512. The molecule has 4 heterocycles. The third-order valence-electron chi connectivity index (χ3n) is 6.45. The number of benzene rings is 1. The van der Waals surface area contributed by atoms with Gasteiger partial charge in [-0.3, -0.25) is 14.5 Å². The number of pyridine rings is 1. The van der Waals surface area contributed by atoms with Crippen molar-refractivity contribution >= 4 is 10.9 Å². The van der Waals surface area contributed by atoms with Gasteiger partial charge in [-0.05, 0) is 67.1 Å². The zero-order valence-electron chi connectivity index (χ0n) is 18.9. The van der Waals surface area contributed by atoms with Crippen molar-refractivity contribution in [2.24, 2.45) is 7.05 Å². The highest BCUT2D eigenvalue weighted by atomic mass is 16.5. The van der Waals surface area contributed by atoms with Gasteiger partial charge in [0.2, 0.25) is 0 Å². The molecular weight excluding hydrogens is 420 g/mol. The molecule has 5 rings (SSSR count). The molecule has 0 amide bonds. The van der Waals surface area contributed by atoms with Crippen molar-refractivity contribution in [2.45, 2.75) is 38.8 Å². The van der Waals surface area contributed by atoms with Crippen molar-refractivity contribution < 1.29 is 9.84 Å². The molecule has 1 fully saturated rings. The van der Waals surface area contributed by atoms with Crippen molar-refractivity contribution in [3.8, 4) is 11.4 Å². The minimum atomic E-state index is -0.780. The SMILES string of the molecule is Cc1c(Cc2ccc(-c3ccn(C)n3)nc2)cc2c(=O)n([C@H]3CCOC[C@@H]3O)nnc2c1C. The molecule has 9 heteroatoms. The molecule has 0 radical (unpaired) electrons. The first-order chi connectivity index (χ1) is 15.9. The number of ether oxygens (including phenoxy) is 1. The van der Waals surface area contributed by atoms with Crippen LogP contribution in [0.2, 0.25) is 0 Å². The summed E-state index contributed by atoms with van der Waals surface area (Å²) in [7, 11) is 1.88. The van der Waals surface area contributed by atoms with Crippen LogP contribution in [-0.2, 0) is 18.2 Å². The average Bonchev–Trinajstić information content (AvgIpc) is 3.25. The molecule has 170 valence electrons. The Labute approximate surface area is 190 Å². The van der Waals surface area contributed by atoms with E-state index in [-0.39, 0.29) is 12.2 Å². The molecule has 0 unspecified atom stereocenters. The Bertz CT molecular complexity index is 1380. The molecule has 2 atom stereocenters. The maximum absolute atomic E-state index is 13.3. The van der Waals surface area contributed by atoms with E-state index in [1.807, 2.05) is 57.6 Å². The van der Waals surface area contributed by atoms with Crippen LogP contribution in [0, 0.1) is 13.8 Å². The van der Waals surface area contributed by atoms with E-state index in [0.29, 0.717) is 30.4 Å². The number of fused-ring (bicyclic) bond motifs is 1. The second kappa shape index (κ2) is 8.49. The Kier molecular flexibility index (Phi) is 5.51. The molecule has 33 heavy (non-hydrogen) atoms. The van der Waals surface area contributed by atoms with Crippen LogP contribution in [0.25, 0.3) is 22.3 Å².